The number of sulfonamides is 1. The average molecular weight is 385 g/mol. The first kappa shape index (κ1) is 20.2. The van der Waals surface area contributed by atoms with Gasteiger partial charge < -0.3 is 10.6 Å². The lowest BCUT2D eigenvalue weighted by atomic mass is 10.1. The third-order valence-electron chi connectivity index (χ3n) is 3.58. The van der Waals surface area contributed by atoms with Crippen molar-refractivity contribution in [1.82, 2.24) is 4.72 Å². The van der Waals surface area contributed by atoms with E-state index in [0.717, 1.165) is 5.56 Å². The predicted octanol–water partition coefficient (Wildman–Crippen LogP) is 2.12. The highest BCUT2D eigenvalue weighted by atomic mass is 32.2. The van der Waals surface area contributed by atoms with Gasteiger partial charge in [0, 0.05) is 23.9 Å². The highest BCUT2D eigenvalue weighted by molar-refractivity contribution is 7.89. The van der Waals surface area contributed by atoms with Crippen molar-refractivity contribution in [3.63, 3.8) is 0 Å². The molecule has 2 amide bonds. The van der Waals surface area contributed by atoms with Crippen molar-refractivity contribution in [2.24, 2.45) is 0 Å². The summed E-state index contributed by atoms with van der Waals surface area (Å²) in [5.74, 6) is 1.48. The van der Waals surface area contributed by atoms with Crippen molar-refractivity contribution < 1.29 is 18.0 Å². The quantitative estimate of drug-likeness (QED) is 0.663. The summed E-state index contributed by atoms with van der Waals surface area (Å²) in [5, 5.41) is 5.36. The first-order chi connectivity index (χ1) is 12.7. The lowest BCUT2D eigenvalue weighted by Gasteiger charge is -2.12. The number of nitrogens with one attached hydrogen (secondary N) is 3. The van der Waals surface area contributed by atoms with Crippen molar-refractivity contribution in [1.29, 1.82) is 0 Å². The Morgan fingerprint density at radius 3 is 2.52 bits per heavy atom. The number of benzene rings is 2. The van der Waals surface area contributed by atoms with Crippen LogP contribution in [0.2, 0.25) is 0 Å². The van der Waals surface area contributed by atoms with Gasteiger partial charge in [-0.2, -0.15) is 4.72 Å². The number of carbonyl (C=O) groups excluding carboxylic acids is 2. The molecule has 7 nitrogen and oxygen atoms in total. The lowest BCUT2D eigenvalue weighted by molar-refractivity contribution is -0.114. The number of anilines is 2. The molecule has 27 heavy (non-hydrogen) atoms. The molecule has 8 heteroatoms. The minimum Gasteiger partial charge on any atom is -0.326 e. The topological polar surface area (TPSA) is 104 Å². The standard InChI is InChI=1S/C19H19N3O4S/c1-4-10-20-27(25,26)17-7-5-6-15(11-17)19(24)22-18-12-16(21-14(3)23)9-8-13(18)2/h1,5-9,11-12,20H,10H2,2-3H3,(H,21,23)(H,22,24). The van der Waals surface area contributed by atoms with Gasteiger partial charge in [-0.25, -0.2) is 8.42 Å². The minimum absolute atomic E-state index is 0.0610. The van der Waals surface area contributed by atoms with Crippen molar-refractivity contribution in [3.8, 4) is 12.3 Å². The summed E-state index contributed by atoms with van der Waals surface area (Å²) < 4.78 is 26.5. The van der Waals surface area contributed by atoms with Gasteiger partial charge >= 0.3 is 0 Å². The third kappa shape index (κ3) is 5.41. The average Bonchev–Trinajstić information content (AvgIpc) is 2.62. The van der Waals surface area contributed by atoms with Crippen LogP contribution in [-0.2, 0) is 14.8 Å². The Bertz CT molecular complexity index is 1020. The second-order valence-corrected chi connectivity index (χ2v) is 7.49. The molecular formula is C19H19N3O4S. The molecule has 0 aliphatic carbocycles. The summed E-state index contributed by atoms with van der Waals surface area (Å²) in [6, 6.07) is 10.7. The van der Waals surface area contributed by atoms with E-state index in [2.05, 4.69) is 21.3 Å². The maximum absolute atomic E-state index is 12.5. The molecule has 0 heterocycles. The first-order valence-corrected chi connectivity index (χ1v) is 9.44. The fraction of sp³-hybridized carbons (Fsp3) is 0.158. The van der Waals surface area contributed by atoms with E-state index in [9.17, 15) is 18.0 Å². The molecule has 0 atom stereocenters. The highest BCUT2D eigenvalue weighted by Gasteiger charge is 2.16. The van der Waals surface area contributed by atoms with Crippen molar-refractivity contribution in [2.75, 3.05) is 17.2 Å². The van der Waals surface area contributed by atoms with Crippen LogP contribution in [0.1, 0.15) is 22.8 Å². The second-order valence-electron chi connectivity index (χ2n) is 5.72. The zero-order valence-corrected chi connectivity index (χ0v) is 15.7. The van der Waals surface area contributed by atoms with Gasteiger partial charge in [-0.05, 0) is 42.8 Å². The normalized spacial score (nSPS) is 10.7. The molecule has 0 spiro atoms. The maximum atomic E-state index is 12.5. The number of hydrogen-bond acceptors (Lipinski definition) is 4. The molecule has 0 saturated carbocycles. The van der Waals surface area contributed by atoms with E-state index in [-0.39, 0.29) is 22.9 Å². The number of terminal acetylenes is 1. The van der Waals surface area contributed by atoms with Gasteiger partial charge in [0.05, 0.1) is 11.4 Å². The molecule has 2 aromatic rings. The maximum Gasteiger partial charge on any atom is 0.255 e. The summed E-state index contributed by atoms with van der Waals surface area (Å²) in [4.78, 5) is 23.7. The zero-order valence-electron chi connectivity index (χ0n) is 14.9. The van der Waals surface area contributed by atoms with E-state index in [1.807, 2.05) is 0 Å². The fourth-order valence-corrected chi connectivity index (χ4v) is 3.24. The van der Waals surface area contributed by atoms with Gasteiger partial charge in [0.1, 0.15) is 0 Å². The molecule has 3 N–H and O–H groups in total. The Hall–Kier alpha value is -3.15. The fourth-order valence-electron chi connectivity index (χ4n) is 2.26. The van der Waals surface area contributed by atoms with Crippen LogP contribution < -0.4 is 15.4 Å². The van der Waals surface area contributed by atoms with Crippen molar-refractivity contribution >= 4 is 33.2 Å². The lowest BCUT2D eigenvalue weighted by Crippen LogP contribution is -2.24. The van der Waals surface area contributed by atoms with Crippen molar-refractivity contribution in [2.45, 2.75) is 18.7 Å². The van der Waals surface area contributed by atoms with Crippen molar-refractivity contribution in [3.05, 3.63) is 53.6 Å². The summed E-state index contributed by atoms with van der Waals surface area (Å²) in [6.45, 7) is 3.05. The van der Waals surface area contributed by atoms with Crippen LogP contribution in [0, 0.1) is 19.3 Å². The van der Waals surface area contributed by atoms with Crippen LogP contribution in [0.25, 0.3) is 0 Å². The van der Waals surface area contributed by atoms with Crippen LogP contribution in [-0.4, -0.2) is 26.8 Å². The molecular weight excluding hydrogens is 366 g/mol. The molecule has 0 aliphatic heterocycles. The molecule has 0 saturated heterocycles. The molecule has 0 aliphatic rings. The molecule has 0 unspecified atom stereocenters. The molecule has 140 valence electrons. The van der Waals surface area contributed by atoms with Gasteiger partial charge in [-0.15, -0.1) is 6.42 Å². The number of aryl methyl sites for hydroxylation is 1. The first-order valence-electron chi connectivity index (χ1n) is 7.96. The van der Waals surface area contributed by atoms with Crippen LogP contribution >= 0.6 is 0 Å². The summed E-state index contributed by atoms with van der Waals surface area (Å²) in [5.41, 5.74) is 2.00. The Kier molecular flexibility index (Phi) is 6.34. The number of rotatable bonds is 6. The van der Waals surface area contributed by atoms with Gasteiger partial charge in [0.25, 0.3) is 5.91 Å². The highest BCUT2D eigenvalue weighted by Crippen LogP contribution is 2.21. The van der Waals surface area contributed by atoms with E-state index >= 15 is 0 Å². The Balaban J connectivity index is 2.26. The summed E-state index contributed by atoms with van der Waals surface area (Å²) in [6.07, 6.45) is 5.07. The minimum atomic E-state index is -3.80. The van der Waals surface area contributed by atoms with Gasteiger partial charge in [0.2, 0.25) is 15.9 Å². The van der Waals surface area contributed by atoms with E-state index in [4.69, 9.17) is 6.42 Å². The molecule has 0 fully saturated rings. The number of hydrogen-bond donors (Lipinski definition) is 3. The Morgan fingerprint density at radius 1 is 1.11 bits per heavy atom. The molecule has 0 radical (unpaired) electrons. The smallest absolute Gasteiger partial charge is 0.255 e. The van der Waals surface area contributed by atoms with E-state index < -0.39 is 15.9 Å². The third-order valence-corrected chi connectivity index (χ3v) is 4.98. The molecule has 0 aromatic heterocycles. The zero-order chi connectivity index (χ0) is 20.0. The predicted molar refractivity (Wildman–Crippen MR) is 104 cm³/mol. The molecule has 0 bridgehead atoms. The van der Waals surface area contributed by atoms with Crippen LogP contribution in [0.4, 0.5) is 11.4 Å². The number of carbonyl (C=O) groups is 2. The SMILES string of the molecule is C#CCNS(=O)(=O)c1cccc(C(=O)Nc2cc(NC(C)=O)ccc2C)c1. The van der Waals surface area contributed by atoms with Gasteiger partial charge in [-0.3, -0.25) is 9.59 Å². The Labute approximate surface area is 158 Å². The van der Waals surface area contributed by atoms with Crippen LogP contribution in [0.3, 0.4) is 0 Å². The van der Waals surface area contributed by atoms with E-state index in [1.54, 1.807) is 25.1 Å². The largest absolute Gasteiger partial charge is 0.326 e. The van der Waals surface area contributed by atoms with Crippen LogP contribution in [0.15, 0.2) is 47.4 Å². The summed E-state index contributed by atoms with van der Waals surface area (Å²) >= 11 is 0. The summed E-state index contributed by atoms with van der Waals surface area (Å²) in [7, 11) is -3.80. The monoisotopic (exact) mass is 385 g/mol. The Morgan fingerprint density at radius 2 is 1.85 bits per heavy atom. The van der Waals surface area contributed by atoms with Crippen LogP contribution in [0.5, 0.6) is 0 Å². The van der Waals surface area contributed by atoms with Gasteiger partial charge in [-0.1, -0.05) is 18.1 Å². The van der Waals surface area contributed by atoms with E-state index in [1.165, 1.54) is 31.2 Å². The number of amides is 2. The molecule has 2 rings (SSSR count). The van der Waals surface area contributed by atoms with E-state index in [0.29, 0.717) is 11.4 Å². The van der Waals surface area contributed by atoms with Gasteiger partial charge in [0.15, 0.2) is 0 Å². The second kappa shape index (κ2) is 8.49. The molecule has 2 aromatic carbocycles.